The number of benzene rings is 2. The van der Waals surface area contributed by atoms with Gasteiger partial charge < -0.3 is 4.98 Å². The fourth-order valence-electron chi connectivity index (χ4n) is 3.63. The van der Waals surface area contributed by atoms with E-state index in [9.17, 15) is 22.0 Å². The minimum Gasteiger partial charge on any atom is -0.338 e. The van der Waals surface area contributed by atoms with E-state index in [1.54, 1.807) is 13.0 Å². The summed E-state index contributed by atoms with van der Waals surface area (Å²) in [6.07, 6.45) is 1.46. The number of pyridine rings is 1. The Hall–Kier alpha value is -3.11. The first-order chi connectivity index (χ1) is 16.2. The topological polar surface area (TPSA) is 91.9 Å². The molecule has 0 atom stereocenters. The zero-order chi connectivity index (χ0) is 24.5. The first-order valence-electron chi connectivity index (χ1n) is 10.4. The van der Waals surface area contributed by atoms with Crippen LogP contribution in [0.1, 0.15) is 29.3 Å². The lowest BCUT2D eigenvalue weighted by Gasteiger charge is -2.11. The molecule has 0 radical (unpaired) electrons. The van der Waals surface area contributed by atoms with E-state index in [2.05, 4.69) is 30.6 Å². The minimum atomic E-state index is -3.81. The molecule has 4 rings (SSSR count). The molecule has 34 heavy (non-hydrogen) atoms. The fraction of sp³-hybridized carbons (Fsp3) is 0.167. The third-order valence-corrected chi connectivity index (χ3v) is 7.48. The molecule has 0 bridgehead atoms. The quantitative estimate of drug-likeness (QED) is 0.271. The van der Waals surface area contributed by atoms with Crippen LogP contribution in [0.15, 0.2) is 59.2 Å². The zero-order valence-corrected chi connectivity index (χ0v) is 20.4. The summed E-state index contributed by atoms with van der Waals surface area (Å²) in [5.41, 5.74) is 1.54. The standard InChI is InChI=1S/C24H20BrF2N3O3S/c1-2-10-34(32,33)30-18-9-8-17(26)20(22(18)27)19(31)12-14-11-16-21(25)23(29-24(16)28-13-14)15-6-4-3-5-7-15/h3-9,11,13,30H,2,10,12H2,1H3,(H,28,29). The lowest BCUT2D eigenvalue weighted by molar-refractivity contribution is 0.0985. The van der Waals surface area contributed by atoms with Crippen LogP contribution in [0.4, 0.5) is 14.5 Å². The molecule has 2 heterocycles. The Balaban J connectivity index is 1.64. The molecular formula is C24H20BrF2N3O3S. The van der Waals surface area contributed by atoms with Crippen LogP contribution in [0.25, 0.3) is 22.3 Å². The Morgan fingerprint density at radius 3 is 2.59 bits per heavy atom. The van der Waals surface area contributed by atoms with E-state index in [4.69, 9.17) is 0 Å². The van der Waals surface area contributed by atoms with Crippen molar-refractivity contribution in [2.45, 2.75) is 19.8 Å². The number of H-pyrrole nitrogens is 1. The highest BCUT2D eigenvalue weighted by atomic mass is 79.9. The van der Waals surface area contributed by atoms with E-state index in [0.29, 0.717) is 23.0 Å². The first kappa shape index (κ1) is 24.0. The van der Waals surface area contributed by atoms with Crippen molar-refractivity contribution in [3.8, 4) is 11.3 Å². The van der Waals surface area contributed by atoms with Crippen LogP contribution >= 0.6 is 15.9 Å². The van der Waals surface area contributed by atoms with Gasteiger partial charge in [0, 0.05) is 18.0 Å². The Morgan fingerprint density at radius 2 is 1.88 bits per heavy atom. The molecule has 2 N–H and O–H groups in total. The highest BCUT2D eigenvalue weighted by Crippen LogP contribution is 2.34. The summed E-state index contributed by atoms with van der Waals surface area (Å²) in [6.45, 7) is 1.66. The van der Waals surface area contributed by atoms with Crippen molar-refractivity contribution in [3.63, 3.8) is 0 Å². The predicted molar refractivity (Wildman–Crippen MR) is 131 cm³/mol. The molecular weight excluding hydrogens is 528 g/mol. The molecule has 0 saturated carbocycles. The van der Waals surface area contributed by atoms with E-state index >= 15 is 0 Å². The Kier molecular flexibility index (Phi) is 6.81. The van der Waals surface area contributed by atoms with Gasteiger partial charge in [-0.05, 0) is 51.7 Å². The molecule has 0 amide bonds. The number of carbonyl (C=O) groups excluding carboxylic acids is 1. The number of anilines is 1. The van der Waals surface area contributed by atoms with Crippen LogP contribution in [-0.2, 0) is 16.4 Å². The molecule has 176 valence electrons. The minimum absolute atomic E-state index is 0.227. The van der Waals surface area contributed by atoms with Crippen molar-refractivity contribution >= 4 is 48.5 Å². The molecule has 2 aromatic carbocycles. The van der Waals surface area contributed by atoms with Gasteiger partial charge in [0.25, 0.3) is 0 Å². The zero-order valence-electron chi connectivity index (χ0n) is 18.0. The average molecular weight is 548 g/mol. The van der Waals surface area contributed by atoms with Gasteiger partial charge in [0.1, 0.15) is 11.5 Å². The maximum absolute atomic E-state index is 14.9. The summed E-state index contributed by atoms with van der Waals surface area (Å²) in [5.74, 6) is -3.37. The largest absolute Gasteiger partial charge is 0.338 e. The number of nitrogens with zero attached hydrogens (tertiary/aromatic N) is 1. The van der Waals surface area contributed by atoms with Crippen molar-refractivity contribution in [2.24, 2.45) is 0 Å². The van der Waals surface area contributed by atoms with Gasteiger partial charge in [0.15, 0.2) is 11.6 Å². The van der Waals surface area contributed by atoms with Gasteiger partial charge >= 0.3 is 0 Å². The van der Waals surface area contributed by atoms with Crippen LogP contribution < -0.4 is 4.72 Å². The molecule has 0 unspecified atom stereocenters. The predicted octanol–water partition coefficient (Wildman–Crippen LogP) is 5.85. The van der Waals surface area contributed by atoms with E-state index in [0.717, 1.165) is 27.9 Å². The van der Waals surface area contributed by atoms with Crippen molar-refractivity contribution in [2.75, 3.05) is 10.5 Å². The van der Waals surface area contributed by atoms with Crippen LogP contribution in [0.3, 0.4) is 0 Å². The number of hydrogen-bond donors (Lipinski definition) is 2. The maximum Gasteiger partial charge on any atom is 0.232 e. The molecule has 6 nitrogen and oxygen atoms in total. The van der Waals surface area contributed by atoms with E-state index in [-0.39, 0.29) is 12.2 Å². The number of aromatic amines is 1. The summed E-state index contributed by atoms with van der Waals surface area (Å²) in [7, 11) is -3.81. The monoisotopic (exact) mass is 547 g/mol. The smallest absolute Gasteiger partial charge is 0.232 e. The summed E-state index contributed by atoms with van der Waals surface area (Å²) in [6, 6.07) is 13.1. The van der Waals surface area contributed by atoms with Crippen molar-refractivity contribution < 1.29 is 22.0 Å². The summed E-state index contributed by atoms with van der Waals surface area (Å²) in [4.78, 5) is 20.4. The maximum atomic E-state index is 14.9. The normalized spacial score (nSPS) is 11.6. The third kappa shape index (κ3) is 4.88. The number of carbonyl (C=O) groups is 1. The van der Waals surface area contributed by atoms with E-state index in [1.165, 1.54) is 6.20 Å². The first-order valence-corrected chi connectivity index (χ1v) is 12.9. The van der Waals surface area contributed by atoms with Gasteiger partial charge in [-0.3, -0.25) is 9.52 Å². The van der Waals surface area contributed by atoms with Gasteiger partial charge in [0.2, 0.25) is 10.0 Å². The Labute approximate surface area is 203 Å². The fourth-order valence-corrected chi connectivity index (χ4v) is 5.39. The second-order valence-electron chi connectivity index (χ2n) is 7.72. The van der Waals surface area contributed by atoms with Crippen molar-refractivity contribution in [1.29, 1.82) is 0 Å². The van der Waals surface area contributed by atoms with Crippen LogP contribution in [0.5, 0.6) is 0 Å². The molecule has 10 heteroatoms. The number of ketones is 1. The van der Waals surface area contributed by atoms with Crippen LogP contribution in [-0.4, -0.2) is 29.9 Å². The summed E-state index contributed by atoms with van der Waals surface area (Å²) >= 11 is 3.57. The van der Waals surface area contributed by atoms with E-state index < -0.39 is 38.7 Å². The van der Waals surface area contributed by atoms with Crippen molar-refractivity contribution in [1.82, 2.24) is 9.97 Å². The van der Waals surface area contributed by atoms with Gasteiger partial charge in [-0.1, -0.05) is 37.3 Å². The molecule has 0 fully saturated rings. The second kappa shape index (κ2) is 9.63. The Bertz CT molecular complexity index is 1490. The molecule has 0 aliphatic rings. The highest BCUT2D eigenvalue weighted by molar-refractivity contribution is 9.10. The molecule has 2 aromatic heterocycles. The number of nitrogens with one attached hydrogen (secondary N) is 2. The van der Waals surface area contributed by atoms with Crippen LogP contribution in [0.2, 0.25) is 0 Å². The average Bonchev–Trinajstić information content (AvgIpc) is 3.12. The number of halogens is 3. The number of aromatic nitrogens is 2. The van der Waals surface area contributed by atoms with Gasteiger partial charge in [0.05, 0.1) is 27.2 Å². The molecule has 0 spiro atoms. The molecule has 0 aliphatic carbocycles. The number of Topliss-reactive ketones (excluding diaryl/α,β-unsaturated/α-hetero) is 1. The SMILES string of the molecule is CCCS(=O)(=O)Nc1ccc(F)c(C(=O)Cc2cnc3[nH]c(-c4ccccc4)c(Br)c3c2)c1F. The van der Waals surface area contributed by atoms with E-state index in [1.807, 2.05) is 30.3 Å². The van der Waals surface area contributed by atoms with Crippen molar-refractivity contribution in [3.05, 3.63) is 82.0 Å². The van der Waals surface area contributed by atoms with Gasteiger partial charge in [-0.15, -0.1) is 0 Å². The third-order valence-electron chi connectivity index (χ3n) is 5.18. The number of fused-ring (bicyclic) bond motifs is 1. The molecule has 4 aromatic rings. The second-order valence-corrected chi connectivity index (χ2v) is 10.4. The summed E-state index contributed by atoms with van der Waals surface area (Å²) < 4.78 is 56.2. The number of rotatable bonds is 8. The van der Waals surface area contributed by atoms with Gasteiger partial charge in [-0.2, -0.15) is 0 Å². The Morgan fingerprint density at radius 1 is 1.15 bits per heavy atom. The highest BCUT2D eigenvalue weighted by Gasteiger charge is 2.23. The number of sulfonamides is 1. The van der Waals surface area contributed by atoms with Gasteiger partial charge in [-0.25, -0.2) is 22.2 Å². The molecule has 0 saturated heterocycles. The summed E-state index contributed by atoms with van der Waals surface area (Å²) in [5, 5.41) is 0.714. The lowest BCUT2D eigenvalue weighted by atomic mass is 10.0. The van der Waals surface area contributed by atoms with Crippen LogP contribution in [0, 0.1) is 11.6 Å². The number of hydrogen-bond acceptors (Lipinski definition) is 4. The molecule has 0 aliphatic heterocycles. The lowest BCUT2D eigenvalue weighted by Crippen LogP contribution is -2.19.